The topological polar surface area (TPSA) is 57.3 Å². The first-order valence-corrected chi connectivity index (χ1v) is 7.85. The van der Waals surface area contributed by atoms with Gasteiger partial charge in [-0.15, -0.1) is 0 Å². The van der Waals surface area contributed by atoms with E-state index in [0.717, 1.165) is 31.9 Å². The summed E-state index contributed by atoms with van der Waals surface area (Å²) in [7, 11) is 2.14. The zero-order chi connectivity index (χ0) is 15.1. The van der Waals surface area contributed by atoms with Crippen LogP contribution in [0.4, 0.5) is 5.82 Å². The van der Waals surface area contributed by atoms with Crippen LogP contribution in [0.25, 0.3) is 0 Å². The van der Waals surface area contributed by atoms with E-state index in [1.54, 1.807) is 12.3 Å². The van der Waals surface area contributed by atoms with E-state index in [1.807, 2.05) is 6.07 Å². The molecule has 1 aliphatic heterocycles. The molecular formula is C16H26N4O. The third-order valence-corrected chi connectivity index (χ3v) is 3.85. The number of carbonyl (C=O) groups excluding carboxylic acids is 1. The molecule has 1 aliphatic rings. The number of anilines is 1. The standard InChI is InChI=1S/C16H26N4O/c1-3-7-17-15-10-14(6-8-18-15)16(21)19-11-13-5-4-9-20(2)12-13/h6,8,10,13H,3-5,7,9,11-12H2,1-2H3,(H,17,18)(H,19,21). The number of rotatable bonds is 6. The predicted molar refractivity (Wildman–Crippen MR) is 85.6 cm³/mol. The zero-order valence-electron chi connectivity index (χ0n) is 13.1. The highest BCUT2D eigenvalue weighted by molar-refractivity contribution is 5.94. The molecule has 5 heteroatoms. The van der Waals surface area contributed by atoms with Crippen molar-refractivity contribution in [3.63, 3.8) is 0 Å². The molecule has 0 spiro atoms. The Hall–Kier alpha value is -1.62. The molecule has 0 bridgehead atoms. The van der Waals surface area contributed by atoms with Gasteiger partial charge in [-0.25, -0.2) is 4.98 Å². The summed E-state index contributed by atoms with van der Waals surface area (Å²) in [6.07, 6.45) is 5.14. The Morgan fingerprint density at radius 2 is 2.38 bits per heavy atom. The van der Waals surface area contributed by atoms with Crippen molar-refractivity contribution in [2.75, 3.05) is 38.5 Å². The molecule has 1 saturated heterocycles. The van der Waals surface area contributed by atoms with Gasteiger partial charge in [0.2, 0.25) is 0 Å². The fourth-order valence-corrected chi connectivity index (χ4v) is 2.70. The molecule has 1 unspecified atom stereocenters. The monoisotopic (exact) mass is 290 g/mol. The van der Waals surface area contributed by atoms with Crippen LogP contribution in [-0.2, 0) is 0 Å². The van der Waals surface area contributed by atoms with Crippen LogP contribution in [0.5, 0.6) is 0 Å². The third-order valence-electron chi connectivity index (χ3n) is 3.85. The molecule has 2 N–H and O–H groups in total. The fourth-order valence-electron chi connectivity index (χ4n) is 2.70. The molecule has 116 valence electrons. The van der Waals surface area contributed by atoms with E-state index in [2.05, 4.69) is 34.5 Å². The molecule has 5 nitrogen and oxygen atoms in total. The number of likely N-dealkylation sites (tertiary alicyclic amines) is 1. The van der Waals surface area contributed by atoms with Gasteiger partial charge in [0.1, 0.15) is 5.82 Å². The van der Waals surface area contributed by atoms with Crippen LogP contribution in [-0.4, -0.2) is 49.0 Å². The van der Waals surface area contributed by atoms with Crippen molar-refractivity contribution in [1.29, 1.82) is 0 Å². The summed E-state index contributed by atoms with van der Waals surface area (Å²) in [5, 5.41) is 6.25. The summed E-state index contributed by atoms with van der Waals surface area (Å²) in [5.74, 6) is 1.32. The summed E-state index contributed by atoms with van der Waals surface area (Å²) in [6.45, 7) is 5.96. The Balaban J connectivity index is 1.85. The van der Waals surface area contributed by atoms with Gasteiger partial charge in [0.15, 0.2) is 0 Å². The van der Waals surface area contributed by atoms with Gasteiger partial charge in [-0.2, -0.15) is 0 Å². The number of hydrogen-bond donors (Lipinski definition) is 2. The molecule has 1 fully saturated rings. The largest absolute Gasteiger partial charge is 0.370 e. The minimum Gasteiger partial charge on any atom is -0.370 e. The van der Waals surface area contributed by atoms with Gasteiger partial charge in [-0.05, 0) is 50.9 Å². The number of piperidine rings is 1. The van der Waals surface area contributed by atoms with Gasteiger partial charge in [-0.1, -0.05) is 6.92 Å². The van der Waals surface area contributed by atoms with Crippen LogP contribution in [0.1, 0.15) is 36.5 Å². The van der Waals surface area contributed by atoms with E-state index >= 15 is 0 Å². The minimum absolute atomic E-state index is 0.00910. The number of pyridine rings is 1. The molecule has 2 rings (SSSR count). The van der Waals surface area contributed by atoms with Crippen molar-refractivity contribution in [1.82, 2.24) is 15.2 Å². The maximum atomic E-state index is 12.2. The molecule has 1 amide bonds. The maximum absolute atomic E-state index is 12.2. The minimum atomic E-state index is -0.00910. The van der Waals surface area contributed by atoms with Gasteiger partial charge in [-0.3, -0.25) is 4.79 Å². The van der Waals surface area contributed by atoms with Crippen LogP contribution >= 0.6 is 0 Å². The molecule has 1 aromatic rings. The van der Waals surface area contributed by atoms with E-state index in [1.165, 1.54) is 19.4 Å². The average Bonchev–Trinajstić information content (AvgIpc) is 2.51. The number of amides is 1. The third kappa shape index (κ3) is 5.01. The lowest BCUT2D eigenvalue weighted by atomic mass is 9.98. The second-order valence-electron chi connectivity index (χ2n) is 5.84. The molecule has 0 aliphatic carbocycles. The molecule has 0 saturated carbocycles. The van der Waals surface area contributed by atoms with Crippen molar-refractivity contribution >= 4 is 11.7 Å². The average molecular weight is 290 g/mol. The number of nitrogens with one attached hydrogen (secondary N) is 2. The van der Waals surface area contributed by atoms with E-state index in [0.29, 0.717) is 11.5 Å². The SMILES string of the molecule is CCCNc1cc(C(=O)NCC2CCCN(C)C2)ccn1. The Morgan fingerprint density at radius 1 is 1.52 bits per heavy atom. The summed E-state index contributed by atoms with van der Waals surface area (Å²) in [4.78, 5) is 18.8. The van der Waals surface area contributed by atoms with Crippen molar-refractivity contribution < 1.29 is 4.79 Å². The molecular weight excluding hydrogens is 264 g/mol. The smallest absolute Gasteiger partial charge is 0.251 e. The van der Waals surface area contributed by atoms with Crippen LogP contribution in [0.2, 0.25) is 0 Å². The number of carbonyl (C=O) groups is 1. The Kier molecular flexibility index (Phi) is 5.99. The zero-order valence-corrected chi connectivity index (χ0v) is 13.1. The van der Waals surface area contributed by atoms with Gasteiger partial charge >= 0.3 is 0 Å². The van der Waals surface area contributed by atoms with Crippen LogP contribution in [0, 0.1) is 5.92 Å². The lowest BCUT2D eigenvalue weighted by molar-refractivity contribution is 0.0936. The van der Waals surface area contributed by atoms with Crippen molar-refractivity contribution in [3.05, 3.63) is 23.9 Å². The Bertz CT molecular complexity index is 463. The van der Waals surface area contributed by atoms with Crippen molar-refractivity contribution in [3.8, 4) is 0 Å². The van der Waals surface area contributed by atoms with E-state index in [4.69, 9.17) is 0 Å². The summed E-state index contributed by atoms with van der Waals surface area (Å²) >= 11 is 0. The first kappa shape index (κ1) is 15.8. The Labute approximate surface area is 127 Å². The molecule has 1 atom stereocenters. The second kappa shape index (κ2) is 7.98. The maximum Gasteiger partial charge on any atom is 0.251 e. The van der Waals surface area contributed by atoms with Crippen molar-refractivity contribution in [2.24, 2.45) is 5.92 Å². The van der Waals surface area contributed by atoms with Gasteiger partial charge in [0.05, 0.1) is 0 Å². The second-order valence-corrected chi connectivity index (χ2v) is 5.84. The fraction of sp³-hybridized carbons (Fsp3) is 0.625. The van der Waals surface area contributed by atoms with Gasteiger partial charge in [0.25, 0.3) is 5.91 Å². The van der Waals surface area contributed by atoms with Crippen LogP contribution < -0.4 is 10.6 Å². The highest BCUT2D eigenvalue weighted by Crippen LogP contribution is 2.14. The van der Waals surface area contributed by atoms with Gasteiger partial charge in [0, 0.05) is 31.4 Å². The number of aromatic nitrogens is 1. The first-order valence-electron chi connectivity index (χ1n) is 7.85. The summed E-state index contributed by atoms with van der Waals surface area (Å²) in [6, 6.07) is 3.58. The summed E-state index contributed by atoms with van der Waals surface area (Å²) < 4.78 is 0. The van der Waals surface area contributed by atoms with E-state index in [9.17, 15) is 4.79 Å². The molecule has 1 aromatic heterocycles. The van der Waals surface area contributed by atoms with Gasteiger partial charge < -0.3 is 15.5 Å². The van der Waals surface area contributed by atoms with E-state index < -0.39 is 0 Å². The predicted octanol–water partition coefficient (Wildman–Crippen LogP) is 1.98. The normalized spacial score (nSPS) is 19.2. The quantitative estimate of drug-likeness (QED) is 0.841. The lowest BCUT2D eigenvalue weighted by Crippen LogP contribution is -2.39. The van der Waals surface area contributed by atoms with Crippen LogP contribution in [0.15, 0.2) is 18.3 Å². The van der Waals surface area contributed by atoms with Crippen LogP contribution in [0.3, 0.4) is 0 Å². The number of nitrogens with zero attached hydrogens (tertiary/aromatic N) is 2. The molecule has 21 heavy (non-hydrogen) atoms. The molecule has 2 heterocycles. The van der Waals surface area contributed by atoms with Crippen molar-refractivity contribution in [2.45, 2.75) is 26.2 Å². The summed E-state index contributed by atoms with van der Waals surface area (Å²) in [5.41, 5.74) is 0.674. The highest BCUT2D eigenvalue weighted by Gasteiger charge is 2.18. The highest BCUT2D eigenvalue weighted by atomic mass is 16.1. The first-order chi connectivity index (χ1) is 10.2. The molecule has 0 aromatic carbocycles. The lowest BCUT2D eigenvalue weighted by Gasteiger charge is -2.29. The van der Waals surface area contributed by atoms with E-state index in [-0.39, 0.29) is 5.91 Å². The Morgan fingerprint density at radius 3 is 3.14 bits per heavy atom. The number of hydrogen-bond acceptors (Lipinski definition) is 4. The molecule has 0 radical (unpaired) electrons.